The van der Waals surface area contributed by atoms with E-state index in [9.17, 15) is 14.9 Å². The first-order chi connectivity index (χ1) is 13.4. The summed E-state index contributed by atoms with van der Waals surface area (Å²) in [6.07, 6.45) is 1.76. The van der Waals surface area contributed by atoms with E-state index in [-0.39, 0.29) is 18.1 Å². The minimum Gasteiger partial charge on any atom is -0.341 e. The van der Waals surface area contributed by atoms with Crippen LogP contribution in [0, 0.1) is 24.0 Å². The van der Waals surface area contributed by atoms with E-state index in [0.29, 0.717) is 30.4 Å². The van der Waals surface area contributed by atoms with Gasteiger partial charge in [0.05, 0.1) is 20.1 Å². The zero-order chi connectivity index (χ0) is 19.8. The van der Waals surface area contributed by atoms with Gasteiger partial charge < -0.3 is 4.90 Å². The average molecular weight is 399 g/mol. The molecule has 146 valence electrons. The third kappa shape index (κ3) is 3.37. The lowest BCUT2D eigenvalue weighted by atomic mass is 9.97. The summed E-state index contributed by atoms with van der Waals surface area (Å²) >= 11 is 1.73. The molecule has 0 spiro atoms. The molecule has 3 heterocycles. The Balaban J connectivity index is 1.40. The molecule has 3 aromatic rings. The highest BCUT2D eigenvalue weighted by atomic mass is 32.1. The van der Waals surface area contributed by atoms with Gasteiger partial charge in [-0.25, -0.2) is 4.98 Å². The van der Waals surface area contributed by atoms with Gasteiger partial charge in [-0.2, -0.15) is 5.10 Å². The number of aryl methyl sites for hydroxylation is 1. The molecule has 1 aliphatic rings. The van der Waals surface area contributed by atoms with Crippen LogP contribution in [0.25, 0.3) is 10.2 Å². The minimum absolute atomic E-state index is 0.0117. The monoisotopic (exact) mass is 399 g/mol. The number of aromatic nitrogens is 3. The topological polar surface area (TPSA) is 94.2 Å². The van der Waals surface area contributed by atoms with E-state index < -0.39 is 4.92 Å². The van der Waals surface area contributed by atoms with Crippen molar-refractivity contribution < 1.29 is 9.72 Å². The van der Waals surface area contributed by atoms with E-state index in [1.807, 2.05) is 23.1 Å². The summed E-state index contributed by atoms with van der Waals surface area (Å²) in [5.41, 5.74) is 1.78. The van der Waals surface area contributed by atoms with Gasteiger partial charge in [-0.05, 0) is 38.8 Å². The molecule has 9 heteroatoms. The second-order valence-electron chi connectivity index (χ2n) is 7.11. The number of fused-ring (bicyclic) bond motifs is 1. The van der Waals surface area contributed by atoms with E-state index in [4.69, 9.17) is 4.98 Å². The van der Waals surface area contributed by atoms with Gasteiger partial charge in [-0.15, -0.1) is 11.3 Å². The van der Waals surface area contributed by atoms with Gasteiger partial charge in [0.1, 0.15) is 17.9 Å². The molecule has 1 amide bonds. The molecule has 0 aliphatic carbocycles. The number of para-hydroxylation sites is 1. The summed E-state index contributed by atoms with van der Waals surface area (Å²) in [4.78, 5) is 29.9. The van der Waals surface area contributed by atoms with E-state index in [0.717, 1.165) is 23.4 Å². The van der Waals surface area contributed by atoms with Crippen LogP contribution in [0.2, 0.25) is 0 Å². The molecule has 0 unspecified atom stereocenters. The van der Waals surface area contributed by atoms with Gasteiger partial charge >= 0.3 is 5.69 Å². The molecule has 0 atom stereocenters. The zero-order valence-electron chi connectivity index (χ0n) is 15.8. The van der Waals surface area contributed by atoms with Crippen molar-refractivity contribution in [3.8, 4) is 0 Å². The quantitative estimate of drug-likeness (QED) is 0.495. The van der Waals surface area contributed by atoms with Crippen LogP contribution in [0.3, 0.4) is 0 Å². The SMILES string of the molecule is Cc1nn(CC(=O)N2CCC(c3nc4ccccc4s3)CC2)c(C)c1[N+](=O)[O-]. The van der Waals surface area contributed by atoms with E-state index in [1.54, 1.807) is 25.2 Å². The summed E-state index contributed by atoms with van der Waals surface area (Å²) in [5.74, 6) is 0.319. The third-order valence-electron chi connectivity index (χ3n) is 5.32. The molecule has 1 fully saturated rings. The summed E-state index contributed by atoms with van der Waals surface area (Å²) in [5, 5.41) is 16.4. The van der Waals surface area contributed by atoms with Crippen LogP contribution < -0.4 is 0 Å². The van der Waals surface area contributed by atoms with Gasteiger partial charge in [0, 0.05) is 19.0 Å². The minimum atomic E-state index is -0.442. The number of thiazole rings is 1. The van der Waals surface area contributed by atoms with Gasteiger partial charge in [0.25, 0.3) is 0 Å². The molecule has 1 aliphatic heterocycles. The lowest BCUT2D eigenvalue weighted by molar-refractivity contribution is -0.386. The molecule has 0 N–H and O–H groups in total. The van der Waals surface area contributed by atoms with Crippen LogP contribution in [-0.2, 0) is 11.3 Å². The van der Waals surface area contributed by atoms with E-state index >= 15 is 0 Å². The summed E-state index contributed by atoms with van der Waals surface area (Å²) < 4.78 is 2.64. The van der Waals surface area contributed by atoms with Gasteiger partial charge in [-0.1, -0.05) is 12.1 Å². The number of rotatable bonds is 4. The van der Waals surface area contributed by atoms with Crippen molar-refractivity contribution in [2.75, 3.05) is 13.1 Å². The number of nitro groups is 1. The lowest BCUT2D eigenvalue weighted by Gasteiger charge is -2.31. The van der Waals surface area contributed by atoms with Crippen molar-refractivity contribution in [3.63, 3.8) is 0 Å². The van der Waals surface area contributed by atoms with E-state index in [1.165, 1.54) is 9.38 Å². The van der Waals surface area contributed by atoms with Gasteiger partial charge in [-0.3, -0.25) is 19.6 Å². The first kappa shape index (κ1) is 18.5. The number of nitrogens with zero attached hydrogens (tertiary/aromatic N) is 5. The molecular formula is C19H21N5O3S. The smallest absolute Gasteiger partial charge is 0.312 e. The highest BCUT2D eigenvalue weighted by Gasteiger charge is 2.28. The molecule has 1 aromatic carbocycles. The number of piperidine rings is 1. The van der Waals surface area contributed by atoms with Crippen LogP contribution in [0.5, 0.6) is 0 Å². The normalized spacial score (nSPS) is 15.3. The maximum Gasteiger partial charge on any atom is 0.312 e. The molecule has 28 heavy (non-hydrogen) atoms. The largest absolute Gasteiger partial charge is 0.341 e. The number of carbonyl (C=O) groups excluding carboxylic acids is 1. The van der Waals surface area contributed by atoms with Crippen LogP contribution in [-0.4, -0.2) is 43.6 Å². The molecule has 0 bridgehead atoms. The number of benzene rings is 1. The predicted molar refractivity (Wildman–Crippen MR) is 107 cm³/mol. The highest BCUT2D eigenvalue weighted by molar-refractivity contribution is 7.18. The van der Waals surface area contributed by atoms with Crippen LogP contribution in [0.1, 0.15) is 35.2 Å². The Morgan fingerprint density at radius 3 is 2.64 bits per heavy atom. The van der Waals surface area contributed by atoms with Crippen molar-refractivity contribution in [2.45, 2.75) is 39.2 Å². The summed E-state index contributed by atoms with van der Waals surface area (Å²) in [7, 11) is 0. The fourth-order valence-corrected chi connectivity index (χ4v) is 4.91. The molecular weight excluding hydrogens is 378 g/mol. The Labute approximate surface area is 165 Å². The number of likely N-dealkylation sites (tertiary alicyclic amines) is 1. The fourth-order valence-electron chi connectivity index (χ4n) is 3.77. The first-order valence-corrected chi connectivity index (χ1v) is 10.1. The Kier molecular flexibility index (Phi) is 4.84. The molecule has 1 saturated heterocycles. The maximum absolute atomic E-state index is 12.7. The standard InChI is InChI=1S/C19H21N5O3S/c1-12-18(24(26)27)13(2)23(21-12)11-17(25)22-9-7-14(8-10-22)19-20-15-5-3-4-6-16(15)28-19/h3-6,14H,7-11H2,1-2H3. The van der Waals surface area contributed by atoms with Crippen molar-refractivity contribution >= 4 is 33.1 Å². The maximum atomic E-state index is 12.7. The van der Waals surface area contributed by atoms with Crippen molar-refractivity contribution in [1.82, 2.24) is 19.7 Å². The van der Waals surface area contributed by atoms with E-state index in [2.05, 4.69) is 11.2 Å². The second kappa shape index (κ2) is 7.31. The molecule has 0 radical (unpaired) electrons. The summed E-state index contributed by atoms with van der Waals surface area (Å²) in [6.45, 7) is 4.59. The number of amides is 1. The zero-order valence-corrected chi connectivity index (χ0v) is 16.6. The molecule has 2 aromatic heterocycles. The average Bonchev–Trinajstić information content (AvgIpc) is 3.22. The molecule has 4 rings (SSSR count). The Morgan fingerprint density at radius 1 is 1.29 bits per heavy atom. The summed E-state index contributed by atoms with van der Waals surface area (Å²) in [6, 6.07) is 8.13. The Bertz CT molecular complexity index is 1020. The van der Waals surface area contributed by atoms with Crippen LogP contribution in [0.4, 0.5) is 5.69 Å². The number of hydrogen-bond acceptors (Lipinski definition) is 6. The Morgan fingerprint density at radius 2 is 2.00 bits per heavy atom. The molecule has 8 nitrogen and oxygen atoms in total. The number of hydrogen-bond donors (Lipinski definition) is 0. The van der Waals surface area contributed by atoms with Crippen LogP contribution in [0.15, 0.2) is 24.3 Å². The molecule has 0 saturated carbocycles. The first-order valence-electron chi connectivity index (χ1n) is 9.25. The fraction of sp³-hybridized carbons (Fsp3) is 0.421. The third-order valence-corrected chi connectivity index (χ3v) is 6.52. The van der Waals surface area contributed by atoms with Crippen molar-refractivity contribution in [2.24, 2.45) is 0 Å². The highest BCUT2D eigenvalue weighted by Crippen LogP contribution is 2.34. The van der Waals surface area contributed by atoms with Gasteiger partial charge in [0.2, 0.25) is 5.91 Å². The van der Waals surface area contributed by atoms with Crippen molar-refractivity contribution in [1.29, 1.82) is 0 Å². The lowest BCUT2D eigenvalue weighted by Crippen LogP contribution is -2.40. The van der Waals surface area contributed by atoms with Gasteiger partial charge in [0.15, 0.2) is 0 Å². The Hall–Kier alpha value is -2.81. The second-order valence-corrected chi connectivity index (χ2v) is 8.17. The predicted octanol–water partition coefficient (Wildman–Crippen LogP) is 3.42. The van der Waals surface area contributed by atoms with Crippen molar-refractivity contribution in [3.05, 3.63) is 50.8 Å². The van der Waals surface area contributed by atoms with Crippen LogP contribution >= 0.6 is 11.3 Å². The number of carbonyl (C=O) groups is 1.